The molecule has 0 spiro atoms. The highest BCUT2D eigenvalue weighted by Gasteiger charge is 2.34. The number of fused-ring (bicyclic) bond motifs is 1. The molecule has 7 nitrogen and oxygen atoms in total. The van der Waals surface area contributed by atoms with E-state index in [9.17, 15) is 0 Å². The first-order valence-electron chi connectivity index (χ1n) is 8.19. The molecule has 1 aliphatic rings. The van der Waals surface area contributed by atoms with E-state index in [1.165, 1.54) is 12.0 Å². The lowest BCUT2D eigenvalue weighted by molar-refractivity contribution is 0.278. The van der Waals surface area contributed by atoms with Gasteiger partial charge in [-0.25, -0.2) is 9.97 Å². The Morgan fingerprint density at radius 2 is 2.25 bits per heavy atom. The fourth-order valence-corrected chi connectivity index (χ4v) is 3.79. The fraction of sp³-hybridized carbons (Fsp3) is 0.412. The molecule has 1 saturated heterocycles. The summed E-state index contributed by atoms with van der Waals surface area (Å²) in [5, 5.41) is 7.95. The number of nitrogens with zero attached hydrogens (tertiary/aromatic N) is 6. The average Bonchev–Trinajstić information content (AvgIpc) is 3.22. The maximum absolute atomic E-state index is 4.47. The molecular formula is C17H21N7. The summed E-state index contributed by atoms with van der Waals surface area (Å²) in [7, 11) is 4.28. The van der Waals surface area contributed by atoms with E-state index in [-0.39, 0.29) is 0 Å². The lowest BCUT2D eigenvalue weighted by Crippen LogP contribution is -2.30. The Kier molecular flexibility index (Phi) is 3.86. The molecule has 2 atom stereocenters. The van der Waals surface area contributed by atoms with Crippen molar-refractivity contribution in [1.82, 2.24) is 30.0 Å². The molecule has 0 saturated carbocycles. The Morgan fingerprint density at radius 1 is 1.33 bits per heavy atom. The number of H-pyrrole nitrogens is 1. The number of anilines is 1. The number of likely N-dealkylation sites (tertiary alicyclic amines) is 1. The highest BCUT2D eigenvalue weighted by molar-refractivity contribution is 5.85. The first-order valence-corrected chi connectivity index (χ1v) is 8.19. The number of aromatic nitrogens is 5. The minimum atomic E-state index is 0.392. The van der Waals surface area contributed by atoms with Gasteiger partial charge in [-0.05, 0) is 37.6 Å². The zero-order chi connectivity index (χ0) is 16.5. The van der Waals surface area contributed by atoms with Crippen molar-refractivity contribution in [2.24, 2.45) is 5.92 Å². The zero-order valence-corrected chi connectivity index (χ0v) is 13.9. The number of rotatable bonds is 4. The van der Waals surface area contributed by atoms with E-state index in [0.717, 1.165) is 29.9 Å². The minimum Gasteiger partial charge on any atom is -0.359 e. The lowest BCUT2D eigenvalue weighted by Gasteiger charge is -2.29. The van der Waals surface area contributed by atoms with Crippen molar-refractivity contribution < 1.29 is 0 Å². The Morgan fingerprint density at radius 3 is 3.08 bits per heavy atom. The van der Waals surface area contributed by atoms with Crippen molar-refractivity contribution in [3.63, 3.8) is 0 Å². The van der Waals surface area contributed by atoms with Gasteiger partial charge in [-0.1, -0.05) is 6.07 Å². The van der Waals surface area contributed by atoms with Crippen molar-refractivity contribution >= 4 is 16.9 Å². The van der Waals surface area contributed by atoms with Gasteiger partial charge < -0.3 is 4.90 Å². The summed E-state index contributed by atoms with van der Waals surface area (Å²) < 4.78 is 0. The molecule has 4 heterocycles. The largest absolute Gasteiger partial charge is 0.359 e. The van der Waals surface area contributed by atoms with E-state index in [4.69, 9.17) is 0 Å². The van der Waals surface area contributed by atoms with Crippen LogP contribution in [-0.4, -0.2) is 57.2 Å². The molecule has 4 rings (SSSR count). The third-order valence-corrected chi connectivity index (χ3v) is 4.90. The normalized spacial score (nSPS) is 21.4. The Balaban J connectivity index is 1.59. The van der Waals surface area contributed by atoms with Crippen LogP contribution in [-0.2, 0) is 0 Å². The summed E-state index contributed by atoms with van der Waals surface area (Å²) in [6.07, 6.45) is 8.36. The number of hydrogen-bond donors (Lipinski definition) is 1. The SMILES string of the molecule is CN(C[C@@H]1CCN(C)[C@H]1c1cccnc1)c1ncnc2[nH]ncc12. The van der Waals surface area contributed by atoms with Crippen LogP contribution in [0.3, 0.4) is 0 Å². The predicted octanol–water partition coefficient (Wildman–Crippen LogP) is 1.88. The number of hydrogen-bond acceptors (Lipinski definition) is 6. The maximum atomic E-state index is 4.47. The highest BCUT2D eigenvalue weighted by Crippen LogP contribution is 2.36. The second-order valence-corrected chi connectivity index (χ2v) is 6.47. The molecule has 3 aromatic heterocycles. The average molecular weight is 323 g/mol. The van der Waals surface area contributed by atoms with E-state index in [2.05, 4.69) is 55.1 Å². The molecule has 1 fully saturated rings. The van der Waals surface area contributed by atoms with Gasteiger partial charge in [0.15, 0.2) is 5.65 Å². The van der Waals surface area contributed by atoms with Crippen molar-refractivity contribution in [2.75, 3.05) is 32.1 Å². The molecule has 0 radical (unpaired) electrons. The number of aromatic amines is 1. The van der Waals surface area contributed by atoms with E-state index in [1.807, 2.05) is 18.5 Å². The van der Waals surface area contributed by atoms with Crippen molar-refractivity contribution in [3.8, 4) is 0 Å². The molecule has 1 N–H and O–H groups in total. The molecule has 0 unspecified atom stereocenters. The van der Waals surface area contributed by atoms with Crippen molar-refractivity contribution in [2.45, 2.75) is 12.5 Å². The molecule has 0 amide bonds. The standard InChI is InChI=1S/C17H21N7/c1-23-7-5-13(15(23)12-4-3-6-18-8-12)10-24(2)17-14-9-21-22-16(14)19-11-20-17/h3-4,6,8-9,11,13,15H,5,7,10H2,1-2H3,(H,19,20,21,22)/t13-,15-/m0/s1. The molecule has 24 heavy (non-hydrogen) atoms. The van der Waals surface area contributed by atoms with Gasteiger partial charge in [0.1, 0.15) is 12.1 Å². The van der Waals surface area contributed by atoms with Gasteiger partial charge in [0, 0.05) is 32.0 Å². The molecule has 0 aromatic carbocycles. The summed E-state index contributed by atoms with van der Waals surface area (Å²) in [5.41, 5.74) is 2.06. The minimum absolute atomic E-state index is 0.392. The Bertz CT molecular complexity index is 816. The van der Waals surface area contributed by atoms with Crippen LogP contribution in [0, 0.1) is 5.92 Å². The van der Waals surface area contributed by atoms with Crippen LogP contribution in [0.4, 0.5) is 5.82 Å². The summed E-state index contributed by atoms with van der Waals surface area (Å²) in [6, 6.07) is 4.58. The van der Waals surface area contributed by atoms with Gasteiger partial charge in [0.2, 0.25) is 0 Å². The van der Waals surface area contributed by atoms with Crippen molar-refractivity contribution in [3.05, 3.63) is 42.6 Å². The van der Waals surface area contributed by atoms with E-state index in [1.54, 1.807) is 12.5 Å². The van der Waals surface area contributed by atoms with Crippen LogP contribution in [0.2, 0.25) is 0 Å². The van der Waals surface area contributed by atoms with Gasteiger partial charge in [-0.15, -0.1) is 0 Å². The first-order chi connectivity index (χ1) is 11.7. The molecule has 3 aromatic rings. The predicted molar refractivity (Wildman–Crippen MR) is 92.7 cm³/mol. The fourth-order valence-electron chi connectivity index (χ4n) is 3.79. The zero-order valence-electron chi connectivity index (χ0n) is 13.9. The summed E-state index contributed by atoms with van der Waals surface area (Å²) in [4.78, 5) is 17.6. The van der Waals surface area contributed by atoms with E-state index >= 15 is 0 Å². The summed E-state index contributed by atoms with van der Waals surface area (Å²) in [6.45, 7) is 2.03. The van der Waals surface area contributed by atoms with Crippen LogP contribution in [0.5, 0.6) is 0 Å². The second-order valence-electron chi connectivity index (χ2n) is 6.47. The smallest absolute Gasteiger partial charge is 0.160 e. The Labute approximate surface area is 140 Å². The van der Waals surface area contributed by atoms with Crippen molar-refractivity contribution in [1.29, 1.82) is 0 Å². The molecular weight excluding hydrogens is 302 g/mol. The third-order valence-electron chi connectivity index (χ3n) is 4.90. The topological polar surface area (TPSA) is 73.8 Å². The summed E-state index contributed by atoms with van der Waals surface area (Å²) >= 11 is 0. The first kappa shape index (κ1) is 15.0. The molecule has 1 aliphatic heterocycles. The van der Waals surface area contributed by atoms with Gasteiger partial charge in [0.05, 0.1) is 11.6 Å². The van der Waals surface area contributed by atoms with Crippen LogP contribution in [0.15, 0.2) is 37.1 Å². The van der Waals surface area contributed by atoms with E-state index in [0.29, 0.717) is 12.0 Å². The van der Waals surface area contributed by atoms with Gasteiger partial charge in [-0.2, -0.15) is 5.10 Å². The maximum Gasteiger partial charge on any atom is 0.160 e. The lowest BCUT2D eigenvalue weighted by atomic mass is 9.94. The van der Waals surface area contributed by atoms with Gasteiger partial charge >= 0.3 is 0 Å². The van der Waals surface area contributed by atoms with Gasteiger partial charge in [0.25, 0.3) is 0 Å². The van der Waals surface area contributed by atoms with Crippen LogP contribution in [0.25, 0.3) is 11.0 Å². The molecule has 0 bridgehead atoms. The highest BCUT2D eigenvalue weighted by atomic mass is 15.2. The number of pyridine rings is 1. The molecule has 7 heteroatoms. The Hall–Kier alpha value is -2.54. The number of nitrogens with one attached hydrogen (secondary N) is 1. The van der Waals surface area contributed by atoms with Crippen LogP contribution >= 0.6 is 0 Å². The second kappa shape index (κ2) is 6.16. The molecule has 0 aliphatic carbocycles. The third kappa shape index (κ3) is 2.60. The monoisotopic (exact) mass is 323 g/mol. The molecule has 124 valence electrons. The van der Waals surface area contributed by atoms with Gasteiger partial charge in [-0.3, -0.25) is 15.0 Å². The van der Waals surface area contributed by atoms with Crippen LogP contribution < -0.4 is 4.90 Å². The van der Waals surface area contributed by atoms with Crippen LogP contribution in [0.1, 0.15) is 18.0 Å². The van der Waals surface area contributed by atoms with E-state index < -0.39 is 0 Å². The quantitative estimate of drug-likeness (QED) is 0.790. The summed E-state index contributed by atoms with van der Waals surface area (Å²) in [5.74, 6) is 1.45.